The maximum Gasteiger partial charge on any atom is 0.337 e. The van der Waals surface area contributed by atoms with Crippen molar-refractivity contribution in [1.29, 1.82) is 0 Å². The van der Waals surface area contributed by atoms with Gasteiger partial charge in [0.15, 0.2) is 17.6 Å². The first-order valence-corrected chi connectivity index (χ1v) is 16.7. The normalized spacial score (nSPS) is 17.1. The molecule has 2 saturated heterocycles. The van der Waals surface area contributed by atoms with Gasteiger partial charge in [-0.15, -0.1) is 11.3 Å². The Morgan fingerprint density at radius 3 is 2.46 bits per heavy atom. The summed E-state index contributed by atoms with van der Waals surface area (Å²) in [5.41, 5.74) is 4.86. The van der Waals surface area contributed by atoms with Crippen LogP contribution in [0.15, 0.2) is 42.6 Å². The Balaban J connectivity index is 1.33. The zero-order valence-electron chi connectivity index (χ0n) is 26.6. The number of hydrogen-bond donors (Lipinski definition) is 1. The Bertz CT molecular complexity index is 1940. The van der Waals surface area contributed by atoms with Crippen molar-refractivity contribution in [3.05, 3.63) is 58.7 Å². The number of aromatic nitrogens is 4. The van der Waals surface area contributed by atoms with E-state index in [0.29, 0.717) is 16.6 Å². The summed E-state index contributed by atoms with van der Waals surface area (Å²) in [5, 5.41) is 17.7. The molecule has 1 unspecified atom stereocenters. The van der Waals surface area contributed by atoms with E-state index in [0.717, 1.165) is 93.7 Å². The number of carboxylic acids is 1. The van der Waals surface area contributed by atoms with Crippen LogP contribution < -0.4 is 4.90 Å². The zero-order chi connectivity index (χ0) is 32.3. The lowest BCUT2D eigenvalue weighted by Gasteiger charge is -2.42. The summed E-state index contributed by atoms with van der Waals surface area (Å²) < 4.78 is 14.3. The average molecular weight is 661 g/mol. The molecule has 0 aliphatic carbocycles. The molecule has 12 heteroatoms. The number of anilines is 1. The second-order valence-electron chi connectivity index (χ2n) is 13.1. The van der Waals surface area contributed by atoms with Gasteiger partial charge >= 0.3 is 5.97 Å². The molecule has 46 heavy (non-hydrogen) atoms. The summed E-state index contributed by atoms with van der Waals surface area (Å²) in [6.45, 7) is 12.9. The first-order valence-electron chi connectivity index (χ1n) is 15.5. The highest BCUT2D eigenvalue weighted by atomic mass is 35.5. The Morgan fingerprint density at radius 2 is 1.83 bits per heavy atom. The highest BCUT2D eigenvalue weighted by Crippen LogP contribution is 2.44. The molecule has 0 radical (unpaired) electrons. The van der Waals surface area contributed by atoms with Crippen molar-refractivity contribution in [2.24, 2.45) is 7.05 Å². The minimum atomic E-state index is -1.17. The van der Waals surface area contributed by atoms with Gasteiger partial charge in [-0.3, -0.25) is 4.90 Å². The molecular formula is C34H37ClN6O4S. The number of carbonyl (C=O) groups is 1. The van der Waals surface area contributed by atoms with Crippen molar-refractivity contribution >= 4 is 56.0 Å². The number of carboxylic acid groups (broad SMARTS) is 1. The van der Waals surface area contributed by atoms with Gasteiger partial charge in [0, 0.05) is 61.1 Å². The fourth-order valence-electron chi connectivity index (χ4n) is 6.37. The summed E-state index contributed by atoms with van der Waals surface area (Å²) in [5.74, 6) is -0.112. The lowest BCUT2D eigenvalue weighted by atomic mass is 9.91. The molecule has 3 aromatic heterocycles. The van der Waals surface area contributed by atoms with Crippen LogP contribution in [0.3, 0.4) is 0 Å². The second kappa shape index (κ2) is 11.9. The van der Waals surface area contributed by atoms with Crippen LogP contribution in [0.4, 0.5) is 5.82 Å². The van der Waals surface area contributed by atoms with Crippen LogP contribution in [0.1, 0.15) is 38.0 Å². The van der Waals surface area contributed by atoms with Crippen molar-refractivity contribution in [2.45, 2.75) is 45.4 Å². The number of aryl methyl sites for hydroxylation is 2. The van der Waals surface area contributed by atoms with Gasteiger partial charge in [-0.1, -0.05) is 23.7 Å². The first kappa shape index (κ1) is 31.0. The number of halogens is 1. The largest absolute Gasteiger partial charge is 0.479 e. The van der Waals surface area contributed by atoms with Crippen molar-refractivity contribution < 1.29 is 19.4 Å². The molecule has 0 bridgehead atoms. The van der Waals surface area contributed by atoms with Crippen LogP contribution in [-0.4, -0.2) is 86.8 Å². The molecule has 0 amide bonds. The van der Waals surface area contributed by atoms with Gasteiger partial charge in [-0.2, -0.15) is 5.10 Å². The maximum atomic E-state index is 12.7. The summed E-state index contributed by atoms with van der Waals surface area (Å²) in [6.07, 6.45) is 0.673. The van der Waals surface area contributed by atoms with Crippen molar-refractivity contribution in [3.63, 3.8) is 0 Å². The number of pyridine rings is 1. The van der Waals surface area contributed by atoms with E-state index in [9.17, 15) is 9.90 Å². The number of hydrogen-bond acceptors (Lipinski definition) is 9. The lowest BCUT2D eigenvalue weighted by Crippen LogP contribution is -2.56. The third-order valence-corrected chi connectivity index (χ3v) is 10.1. The third-order valence-electron chi connectivity index (χ3n) is 8.68. The summed E-state index contributed by atoms with van der Waals surface area (Å²) >= 11 is 7.79. The monoisotopic (exact) mass is 660 g/mol. The Hall–Kier alpha value is -3.61. The third kappa shape index (κ3) is 5.75. The molecule has 1 N–H and O–H groups in total. The summed E-state index contributed by atoms with van der Waals surface area (Å²) in [7, 11) is 1.93. The van der Waals surface area contributed by atoms with Gasteiger partial charge in [-0.05, 0) is 63.1 Å². The van der Waals surface area contributed by atoms with Gasteiger partial charge in [0.2, 0.25) is 0 Å². The van der Waals surface area contributed by atoms with E-state index in [2.05, 4.69) is 15.9 Å². The second-order valence-corrected chi connectivity index (χ2v) is 14.5. The molecule has 5 heterocycles. The zero-order valence-corrected chi connectivity index (χ0v) is 28.2. The summed E-state index contributed by atoms with van der Waals surface area (Å²) in [4.78, 5) is 27.5. The molecule has 0 saturated carbocycles. The van der Waals surface area contributed by atoms with Crippen molar-refractivity contribution in [3.8, 4) is 21.7 Å². The van der Waals surface area contributed by atoms with Crippen molar-refractivity contribution in [2.75, 3.05) is 44.3 Å². The van der Waals surface area contributed by atoms with E-state index >= 15 is 0 Å². The Labute approximate surface area is 276 Å². The molecule has 5 aromatic rings. The lowest BCUT2D eigenvalue weighted by molar-refractivity contribution is -0.160. The number of rotatable bonds is 7. The minimum absolute atomic E-state index is 0.530. The number of benzene rings is 2. The van der Waals surface area contributed by atoms with Gasteiger partial charge < -0.3 is 19.5 Å². The fourth-order valence-corrected chi connectivity index (χ4v) is 7.60. The number of ether oxygens (including phenoxy) is 2. The van der Waals surface area contributed by atoms with E-state index in [1.54, 1.807) is 0 Å². The predicted octanol–water partition coefficient (Wildman–Crippen LogP) is 6.34. The molecule has 2 aliphatic rings. The van der Waals surface area contributed by atoms with Crippen molar-refractivity contribution in [1.82, 2.24) is 24.6 Å². The number of piperazine rings is 1. The highest BCUT2D eigenvalue weighted by Gasteiger charge is 2.33. The molecule has 2 aliphatic heterocycles. The first-order chi connectivity index (χ1) is 22.0. The maximum absolute atomic E-state index is 12.7. The van der Waals surface area contributed by atoms with Crippen LogP contribution in [0.25, 0.3) is 42.9 Å². The Kier molecular flexibility index (Phi) is 8.01. The van der Waals surface area contributed by atoms with Gasteiger partial charge in [0.1, 0.15) is 5.01 Å². The van der Waals surface area contributed by atoms with E-state index in [4.69, 9.17) is 36.1 Å². The Morgan fingerprint density at radius 1 is 1.11 bits per heavy atom. The molecule has 2 aromatic carbocycles. The highest BCUT2D eigenvalue weighted by molar-refractivity contribution is 7.22. The fraction of sp³-hybridized carbons (Fsp3) is 0.412. The SMILES string of the molecule is Cc1cc2nc(-c3cnc4c(c3)c(N3CCN(C5COC5)CC3)nn4C)sc2c(-c2ccc(Cl)cc2)c1C(OC(C)(C)C)C(=O)O. The van der Waals surface area contributed by atoms with Crippen LogP contribution in [0.2, 0.25) is 5.02 Å². The topological polar surface area (TPSA) is 106 Å². The molecule has 10 nitrogen and oxygen atoms in total. The van der Waals surface area contributed by atoms with E-state index in [-0.39, 0.29) is 0 Å². The quantitative estimate of drug-likeness (QED) is 0.214. The minimum Gasteiger partial charge on any atom is -0.479 e. The van der Waals surface area contributed by atoms with E-state index in [1.165, 1.54) is 11.3 Å². The van der Waals surface area contributed by atoms with Crippen LogP contribution >= 0.6 is 22.9 Å². The molecule has 240 valence electrons. The standard InChI is InChI=1S/C34H37ClN6O4S/c1-19-14-25-29(27(20-6-8-22(35)9-7-20)26(19)28(33(42)43)45-34(2,3)4)46-32(37-25)21-15-24-30(36-16-21)39(5)38-31(24)41-12-10-40(11-13-41)23-17-44-18-23/h6-9,14-16,23,28H,10-13,17-18H2,1-5H3,(H,42,43). The summed E-state index contributed by atoms with van der Waals surface area (Å²) in [6, 6.07) is 12.1. The molecule has 0 spiro atoms. The van der Waals surface area contributed by atoms with Gasteiger partial charge in [0.25, 0.3) is 0 Å². The van der Waals surface area contributed by atoms with Crippen LogP contribution in [0.5, 0.6) is 0 Å². The molecule has 1 atom stereocenters. The molecule has 2 fully saturated rings. The number of nitrogens with zero attached hydrogens (tertiary/aromatic N) is 6. The van der Waals surface area contributed by atoms with E-state index in [1.807, 2.05) is 76.0 Å². The average Bonchev–Trinajstić information content (AvgIpc) is 3.55. The van der Waals surface area contributed by atoms with Crippen LogP contribution in [0, 0.1) is 6.92 Å². The van der Waals surface area contributed by atoms with Gasteiger partial charge in [0.05, 0.1) is 40.5 Å². The molecular weight excluding hydrogens is 624 g/mol. The van der Waals surface area contributed by atoms with Crippen LogP contribution in [-0.2, 0) is 21.3 Å². The molecule has 7 rings (SSSR count). The smallest absolute Gasteiger partial charge is 0.337 e. The van der Waals surface area contributed by atoms with Gasteiger partial charge in [-0.25, -0.2) is 19.4 Å². The number of aliphatic carboxylic acids is 1. The number of fused-ring (bicyclic) bond motifs is 2. The van der Waals surface area contributed by atoms with E-state index < -0.39 is 17.7 Å². The predicted molar refractivity (Wildman–Crippen MR) is 182 cm³/mol. The number of thiazole rings is 1.